The van der Waals surface area contributed by atoms with Crippen LogP contribution in [0.3, 0.4) is 0 Å². The molecule has 3 aromatic rings. The summed E-state index contributed by atoms with van der Waals surface area (Å²) in [5, 5.41) is 1.00. The molecule has 2 heterocycles. The summed E-state index contributed by atoms with van der Waals surface area (Å²) in [6.07, 6.45) is 3.91. The summed E-state index contributed by atoms with van der Waals surface area (Å²) in [5.41, 5.74) is 3.00. The molecule has 0 aliphatic carbocycles. The van der Waals surface area contributed by atoms with Gasteiger partial charge in [-0.05, 0) is 49.4 Å². The average Bonchev–Trinajstić information content (AvgIpc) is 2.78. The first-order valence-corrected chi connectivity index (χ1v) is 11.5. The van der Waals surface area contributed by atoms with Crippen LogP contribution in [-0.4, -0.2) is 36.5 Å². The molecule has 0 bridgehead atoms. The first-order chi connectivity index (χ1) is 15.0. The number of benzene rings is 2. The van der Waals surface area contributed by atoms with E-state index in [1.807, 2.05) is 0 Å². The molecule has 1 fully saturated rings. The van der Waals surface area contributed by atoms with Crippen LogP contribution in [0.1, 0.15) is 25.3 Å². The van der Waals surface area contributed by atoms with Crippen molar-refractivity contribution in [1.82, 2.24) is 4.98 Å². The number of hydrogen-bond donors (Lipinski definition) is 0. The van der Waals surface area contributed by atoms with Crippen LogP contribution < -0.4 is 18.6 Å². The maximum absolute atomic E-state index is 13.4. The van der Waals surface area contributed by atoms with Gasteiger partial charge in [0.2, 0.25) is 11.1 Å². The molecule has 0 spiro atoms. The minimum Gasteiger partial charge on any atom is -0.493 e. The number of nitrogens with zero attached hydrogens (tertiary/aromatic N) is 2. The molecule has 1 aromatic heterocycles. The normalized spacial score (nSPS) is 15.7. The van der Waals surface area contributed by atoms with Gasteiger partial charge in [-0.25, -0.2) is 4.21 Å². The van der Waals surface area contributed by atoms with Crippen LogP contribution in [0.5, 0.6) is 17.2 Å². The fourth-order valence-electron chi connectivity index (χ4n) is 3.95. The van der Waals surface area contributed by atoms with Crippen molar-refractivity contribution in [1.29, 1.82) is 0 Å². The minimum absolute atomic E-state index is 0.443. The molecule has 0 radical (unpaired) electrons. The zero-order valence-corrected chi connectivity index (χ0v) is 19.2. The smallest absolute Gasteiger partial charge is 0.244 e. The zero-order valence-electron chi connectivity index (χ0n) is 18.4. The number of aryl methyl sites for hydroxylation is 1. The van der Waals surface area contributed by atoms with Crippen molar-refractivity contribution in [3.63, 3.8) is 0 Å². The Balaban J connectivity index is 1.73. The molecule has 164 valence electrons. The molecule has 0 saturated carbocycles. The van der Waals surface area contributed by atoms with E-state index in [9.17, 15) is 4.21 Å². The van der Waals surface area contributed by atoms with Gasteiger partial charge in [0.25, 0.3) is 0 Å². The van der Waals surface area contributed by atoms with Crippen LogP contribution in [0.2, 0.25) is 0 Å². The zero-order chi connectivity index (χ0) is 22.0. The number of aromatic nitrogens is 1. The third kappa shape index (κ3) is 4.46. The summed E-state index contributed by atoms with van der Waals surface area (Å²) >= 11 is -1.74. The predicted molar refractivity (Wildman–Crippen MR) is 124 cm³/mol. The Morgan fingerprint density at radius 2 is 1.77 bits per heavy atom. The monoisotopic (exact) mass is 440 g/mol. The van der Waals surface area contributed by atoms with Crippen LogP contribution in [0, 0.1) is 12.8 Å². The van der Waals surface area contributed by atoms with Gasteiger partial charge in [-0.1, -0.05) is 19.1 Å². The molecule has 1 aliphatic rings. The van der Waals surface area contributed by atoms with E-state index in [4.69, 9.17) is 13.7 Å². The highest BCUT2D eigenvalue weighted by Crippen LogP contribution is 2.36. The molecule has 1 atom stereocenters. The van der Waals surface area contributed by atoms with E-state index in [0.717, 1.165) is 48.1 Å². The van der Waals surface area contributed by atoms with Crippen molar-refractivity contribution in [2.75, 3.05) is 32.2 Å². The third-order valence-corrected chi connectivity index (χ3v) is 6.77. The third-order valence-electron chi connectivity index (χ3n) is 5.77. The van der Waals surface area contributed by atoms with Gasteiger partial charge in [0, 0.05) is 30.7 Å². The second-order valence-electron chi connectivity index (χ2n) is 8.00. The molecule has 6 nitrogen and oxygen atoms in total. The molecule has 7 heteroatoms. The summed E-state index contributed by atoms with van der Waals surface area (Å²) in [5.74, 6) is 2.25. The van der Waals surface area contributed by atoms with Gasteiger partial charge in [0.05, 0.1) is 25.4 Å². The van der Waals surface area contributed by atoms with Gasteiger partial charge in [0.15, 0.2) is 11.5 Å². The first-order valence-electron chi connectivity index (χ1n) is 10.5. The van der Waals surface area contributed by atoms with Gasteiger partial charge in [0.1, 0.15) is 10.6 Å². The van der Waals surface area contributed by atoms with E-state index in [-0.39, 0.29) is 0 Å². The van der Waals surface area contributed by atoms with E-state index in [1.54, 1.807) is 38.6 Å². The van der Waals surface area contributed by atoms with Crippen molar-refractivity contribution in [2.45, 2.75) is 31.6 Å². The Morgan fingerprint density at radius 3 is 2.48 bits per heavy atom. The molecule has 31 heavy (non-hydrogen) atoms. The van der Waals surface area contributed by atoms with Gasteiger partial charge >= 0.3 is 0 Å². The number of pyridine rings is 1. The lowest BCUT2D eigenvalue weighted by atomic mass is 9.98. The number of fused-ring (bicyclic) bond motifs is 1. The maximum atomic E-state index is 13.4. The summed E-state index contributed by atoms with van der Waals surface area (Å²) in [4.78, 5) is 7.50. The van der Waals surface area contributed by atoms with Crippen molar-refractivity contribution in [2.24, 2.45) is 5.92 Å². The van der Waals surface area contributed by atoms with Crippen LogP contribution in [0.15, 0.2) is 47.5 Å². The lowest BCUT2D eigenvalue weighted by molar-refractivity contribution is 0.353. The van der Waals surface area contributed by atoms with Crippen LogP contribution in [-0.2, 0) is 11.1 Å². The van der Waals surface area contributed by atoms with Gasteiger partial charge in [-0.3, -0.25) is 4.98 Å². The Kier molecular flexibility index (Phi) is 6.32. The predicted octanol–water partition coefficient (Wildman–Crippen LogP) is 4.90. The van der Waals surface area contributed by atoms with E-state index in [1.165, 1.54) is 0 Å². The maximum Gasteiger partial charge on any atom is 0.244 e. The quantitative estimate of drug-likeness (QED) is 0.543. The average molecular weight is 441 g/mol. The summed E-state index contributed by atoms with van der Waals surface area (Å²) in [7, 11) is 3.13. The number of anilines is 1. The molecule has 1 unspecified atom stereocenters. The molecule has 0 amide bonds. The minimum atomic E-state index is -1.74. The molecule has 1 aliphatic heterocycles. The number of methoxy groups -OCH3 is 2. The van der Waals surface area contributed by atoms with Crippen LogP contribution in [0.25, 0.3) is 10.9 Å². The van der Waals surface area contributed by atoms with Gasteiger partial charge in [-0.15, -0.1) is 0 Å². The SMILES string of the molecule is COc1ccc(OS(=O)c2cnc3cc(C)ccc3c2N2CCC(C)CC2)cc1OC. The second-order valence-corrected chi connectivity index (χ2v) is 9.07. The highest BCUT2D eigenvalue weighted by Gasteiger charge is 2.25. The van der Waals surface area contributed by atoms with E-state index in [0.29, 0.717) is 28.1 Å². The van der Waals surface area contributed by atoms with Crippen molar-refractivity contribution in [3.05, 3.63) is 48.2 Å². The highest BCUT2D eigenvalue weighted by atomic mass is 32.2. The summed E-state index contributed by atoms with van der Waals surface area (Å²) in [6, 6.07) is 11.3. The molecule has 4 rings (SSSR count). The highest BCUT2D eigenvalue weighted by molar-refractivity contribution is 7.80. The van der Waals surface area contributed by atoms with E-state index in [2.05, 4.69) is 41.9 Å². The second kappa shape index (κ2) is 9.14. The largest absolute Gasteiger partial charge is 0.493 e. The Bertz CT molecular complexity index is 1110. The van der Waals surface area contributed by atoms with E-state index >= 15 is 0 Å². The van der Waals surface area contributed by atoms with Gasteiger partial charge < -0.3 is 18.6 Å². The first kappa shape index (κ1) is 21.4. The van der Waals surface area contributed by atoms with Crippen molar-refractivity contribution >= 4 is 27.7 Å². The van der Waals surface area contributed by atoms with Crippen LogP contribution in [0.4, 0.5) is 5.69 Å². The summed E-state index contributed by atoms with van der Waals surface area (Å²) in [6.45, 7) is 6.18. The Morgan fingerprint density at radius 1 is 1.03 bits per heavy atom. The molecular weight excluding hydrogens is 412 g/mol. The van der Waals surface area contributed by atoms with Crippen LogP contribution >= 0.6 is 0 Å². The fraction of sp³-hybridized carbons (Fsp3) is 0.375. The number of hydrogen-bond acceptors (Lipinski definition) is 6. The molecule has 2 aromatic carbocycles. The standard InChI is InChI=1S/C24H28N2O4S/c1-16-9-11-26(12-10-16)24-19-7-5-17(2)13-20(19)25-15-23(24)31(27)30-18-6-8-21(28-3)22(14-18)29-4/h5-8,13-16H,9-12H2,1-4H3. The van der Waals surface area contributed by atoms with Crippen molar-refractivity contribution < 1.29 is 17.9 Å². The Hall–Kier alpha value is -2.80. The lowest BCUT2D eigenvalue weighted by Crippen LogP contribution is -2.34. The number of rotatable bonds is 6. The van der Waals surface area contributed by atoms with E-state index < -0.39 is 11.1 Å². The molecule has 0 N–H and O–H groups in total. The fourth-order valence-corrected chi connectivity index (χ4v) is 4.86. The lowest BCUT2D eigenvalue weighted by Gasteiger charge is -2.33. The molecular formula is C24H28N2O4S. The van der Waals surface area contributed by atoms with Crippen molar-refractivity contribution in [3.8, 4) is 17.2 Å². The Labute approximate surface area is 185 Å². The summed E-state index contributed by atoms with van der Waals surface area (Å²) < 4.78 is 29.8. The number of piperidine rings is 1. The molecule has 1 saturated heterocycles. The van der Waals surface area contributed by atoms with Gasteiger partial charge in [-0.2, -0.15) is 0 Å². The topological polar surface area (TPSA) is 60.9 Å². The number of ether oxygens (including phenoxy) is 2.